The lowest BCUT2D eigenvalue weighted by Gasteiger charge is -2.37. The molecule has 1 atom stereocenters. The molecule has 4 heterocycles. The number of benzene rings is 1. The number of nitrogens with one attached hydrogen (secondary N) is 1. The Kier molecular flexibility index (Phi) is 5.60. The summed E-state index contributed by atoms with van der Waals surface area (Å²) in [7, 11) is 0. The van der Waals surface area contributed by atoms with Crippen LogP contribution in [0.2, 0.25) is 0 Å². The fraction of sp³-hybridized carbons (Fsp3) is 0.391. The Morgan fingerprint density at radius 1 is 1.15 bits per heavy atom. The van der Waals surface area contributed by atoms with Crippen molar-refractivity contribution in [3.8, 4) is 6.07 Å². The van der Waals surface area contributed by atoms with E-state index < -0.39 is 17.8 Å². The van der Waals surface area contributed by atoms with E-state index in [2.05, 4.69) is 21.2 Å². The van der Waals surface area contributed by atoms with Crippen LogP contribution in [0.25, 0.3) is 0 Å². The third-order valence-electron chi connectivity index (χ3n) is 6.46. The Hall–Kier alpha value is -3.29. The lowest BCUT2D eigenvalue weighted by Crippen LogP contribution is -2.52. The zero-order chi connectivity index (χ0) is 23.1. The van der Waals surface area contributed by atoms with E-state index in [1.54, 1.807) is 0 Å². The highest BCUT2D eigenvalue weighted by molar-refractivity contribution is 7.12. The van der Waals surface area contributed by atoms with Gasteiger partial charge in [0.25, 0.3) is 5.91 Å². The van der Waals surface area contributed by atoms with Gasteiger partial charge in [0.05, 0.1) is 0 Å². The molecule has 1 unspecified atom stereocenters. The van der Waals surface area contributed by atoms with Crippen molar-refractivity contribution in [2.75, 3.05) is 31.1 Å². The molecule has 3 amide bonds. The van der Waals surface area contributed by atoms with Crippen molar-refractivity contribution in [2.24, 2.45) is 0 Å². The average Bonchev–Trinajstić information content (AvgIpc) is 3.38. The third kappa shape index (κ3) is 4.10. The van der Waals surface area contributed by atoms with Gasteiger partial charge in [-0.3, -0.25) is 24.6 Å². The van der Waals surface area contributed by atoms with Crippen LogP contribution in [0.4, 0.5) is 10.1 Å². The van der Waals surface area contributed by atoms with Crippen molar-refractivity contribution >= 4 is 34.7 Å². The summed E-state index contributed by atoms with van der Waals surface area (Å²) in [4.78, 5) is 44.5. The summed E-state index contributed by atoms with van der Waals surface area (Å²) in [5, 5.41) is 11.3. The SMILES string of the molecule is N#Cc1ccc(CN2CCN(c3cc(F)cc4c3CN(C3CCC(=O)NC3=O)C4=O)CC2)s1. The molecule has 0 spiro atoms. The minimum absolute atomic E-state index is 0.180. The third-order valence-corrected chi connectivity index (χ3v) is 7.44. The number of carbonyl (C=O) groups is 3. The number of rotatable bonds is 4. The second-order valence-corrected chi connectivity index (χ2v) is 9.66. The molecule has 8 nitrogen and oxygen atoms in total. The van der Waals surface area contributed by atoms with Gasteiger partial charge in [-0.15, -0.1) is 11.3 Å². The second kappa shape index (κ2) is 8.57. The molecule has 1 aromatic carbocycles. The van der Waals surface area contributed by atoms with Gasteiger partial charge in [-0.25, -0.2) is 4.39 Å². The largest absolute Gasteiger partial charge is 0.369 e. The highest BCUT2D eigenvalue weighted by Crippen LogP contribution is 2.35. The molecule has 1 N–H and O–H groups in total. The first-order valence-corrected chi connectivity index (χ1v) is 11.7. The zero-order valence-electron chi connectivity index (χ0n) is 17.8. The second-order valence-electron chi connectivity index (χ2n) is 8.49. The number of hydrogen-bond acceptors (Lipinski definition) is 7. The first-order chi connectivity index (χ1) is 15.9. The van der Waals surface area contributed by atoms with Crippen molar-refractivity contribution in [3.05, 3.63) is 51.0 Å². The molecule has 170 valence electrons. The number of nitrogens with zero attached hydrogens (tertiary/aromatic N) is 4. The predicted octanol–water partition coefficient (Wildman–Crippen LogP) is 1.84. The number of hydrogen-bond donors (Lipinski definition) is 1. The van der Waals surface area contributed by atoms with Gasteiger partial charge in [-0.2, -0.15) is 5.26 Å². The van der Waals surface area contributed by atoms with Crippen molar-refractivity contribution in [3.63, 3.8) is 0 Å². The lowest BCUT2D eigenvalue weighted by molar-refractivity contribution is -0.136. The number of anilines is 1. The molecule has 0 aliphatic carbocycles. The number of imide groups is 1. The van der Waals surface area contributed by atoms with Gasteiger partial charge in [0, 0.05) is 67.4 Å². The quantitative estimate of drug-likeness (QED) is 0.690. The van der Waals surface area contributed by atoms with Crippen LogP contribution in [0.3, 0.4) is 0 Å². The Morgan fingerprint density at radius 3 is 2.64 bits per heavy atom. The Bertz CT molecular complexity index is 1180. The summed E-state index contributed by atoms with van der Waals surface area (Å²) in [6, 6.07) is 7.96. The molecule has 3 aliphatic heterocycles. The summed E-state index contributed by atoms with van der Waals surface area (Å²) in [5.41, 5.74) is 1.71. The van der Waals surface area contributed by atoms with E-state index in [9.17, 15) is 18.8 Å². The van der Waals surface area contributed by atoms with Crippen LogP contribution in [-0.2, 0) is 22.7 Å². The molecule has 2 saturated heterocycles. The fourth-order valence-corrected chi connectivity index (χ4v) is 5.63. The average molecular weight is 468 g/mol. The van der Waals surface area contributed by atoms with Gasteiger partial charge >= 0.3 is 0 Å². The number of carbonyl (C=O) groups excluding carboxylic acids is 3. The van der Waals surface area contributed by atoms with Gasteiger partial charge in [0.2, 0.25) is 11.8 Å². The minimum Gasteiger partial charge on any atom is -0.369 e. The Balaban J connectivity index is 1.31. The maximum absolute atomic E-state index is 14.5. The molecule has 3 aliphatic rings. The number of amides is 3. The summed E-state index contributed by atoms with van der Waals surface area (Å²) in [5.74, 6) is -1.66. The number of piperidine rings is 1. The van der Waals surface area contributed by atoms with E-state index in [1.165, 1.54) is 28.4 Å². The first-order valence-electron chi connectivity index (χ1n) is 10.9. The van der Waals surface area contributed by atoms with Gasteiger partial charge in [-0.1, -0.05) is 0 Å². The fourth-order valence-electron chi connectivity index (χ4n) is 4.78. The molecule has 2 aromatic rings. The number of thiophene rings is 1. The molecular formula is C23H22FN5O3S. The monoisotopic (exact) mass is 467 g/mol. The lowest BCUT2D eigenvalue weighted by atomic mass is 10.0. The number of fused-ring (bicyclic) bond motifs is 1. The number of nitriles is 1. The van der Waals surface area contributed by atoms with Crippen molar-refractivity contribution in [1.82, 2.24) is 15.1 Å². The smallest absolute Gasteiger partial charge is 0.255 e. The highest BCUT2D eigenvalue weighted by atomic mass is 32.1. The molecule has 0 saturated carbocycles. The van der Waals surface area contributed by atoms with Gasteiger partial charge < -0.3 is 9.80 Å². The molecule has 0 radical (unpaired) electrons. The zero-order valence-corrected chi connectivity index (χ0v) is 18.7. The minimum atomic E-state index is -0.723. The van der Waals surface area contributed by atoms with Crippen LogP contribution >= 0.6 is 11.3 Å². The van der Waals surface area contributed by atoms with E-state index in [0.717, 1.165) is 30.1 Å². The maximum atomic E-state index is 14.5. The predicted molar refractivity (Wildman–Crippen MR) is 119 cm³/mol. The van der Waals surface area contributed by atoms with E-state index in [1.807, 2.05) is 12.1 Å². The summed E-state index contributed by atoms with van der Waals surface area (Å²) >= 11 is 1.49. The van der Waals surface area contributed by atoms with Crippen LogP contribution < -0.4 is 10.2 Å². The van der Waals surface area contributed by atoms with Crippen molar-refractivity contribution in [1.29, 1.82) is 5.26 Å². The van der Waals surface area contributed by atoms with Crippen LogP contribution in [0, 0.1) is 17.1 Å². The molecule has 2 fully saturated rings. The molecule has 10 heteroatoms. The molecule has 33 heavy (non-hydrogen) atoms. The molecule has 1 aromatic heterocycles. The first kappa shape index (κ1) is 21.6. The van der Waals surface area contributed by atoms with E-state index in [4.69, 9.17) is 5.26 Å². The van der Waals surface area contributed by atoms with E-state index in [0.29, 0.717) is 29.2 Å². The van der Waals surface area contributed by atoms with Crippen molar-refractivity contribution in [2.45, 2.75) is 32.0 Å². The summed E-state index contributed by atoms with van der Waals surface area (Å²) < 4.78 is 14.5. The molecule has 0 bridgehead atoms. The Morgan fingerprint density at radius 2 is 1.94 bits per heavy atom. The number of piperazine rings is 1. The van der Waals surface area contributed by atoms with Crippen LogP contribution in [0.5, 0.6) is 0 Å². The maximum Gasteiger partial charge on any atom is 0.255 e. The van der Waals surface area contributed by atoms with E-state index >= 15 is 0 Å². The number of halogens is 1. The van der Waals surface area contributed by atoms with Crippen LogP contribution in [-0.4, -0.2) is 59.7 Å². The summed E-state index contributed by atoms with van der Waals surface area (Å²) in [6.45, 7) is 3.90. The van der Waals surface area contributed by atoms with Gasteiger partial charge in [0.1, 0.15) is 22.8 Å². The topological polar surface area (TPSA) is 96.8 Å². The van der Waals surface area contributed by atoms with Crippen LogP contribution in [0.1, 0.15) is 38.5 Å². The molecular weight excluding hydrogens is 445 g/mol. The normalized spacial score (nSPS) is 21.2. The van der Waals surface area contributed by atoms with Crippen LogP contribution in [0.15, 0.2) is 24.3 Å². The van der Waals surface area contributed by atoms with Crippen molar-refractivity contribution < 1.29 is 18.8 Å². The Labute approximate surface area is 194 Å². The highest BCUT2D eigenvalue weighted by Gasteiger charge is 2.41. The van der Waals surface area contributed by atoms with Gasteiger partial charge in [0.15, 0.2) is 0 Å². The molecule has 5 rings (SSSR count). The summed E-state index contributed by atoms with van der Waals surface area (Å²) in [6.07, 6.45) is 0.455. The van der Waals surface area contributed by atoms with Gasteiger partial charge in [-0.05, 0) is 30.7 Å². The standard InChI is InChI=1S/C23H22FN5O3S/c24-14-9-17-18(13-29(23(17)32)19-3-4-21(30)26-22(19)31)20(10-14)28-7-5-27(6-8-28)12-16-2-1-15(11-25)33-16/h1-2,9-10,19H,3-8,12-13H2,(H,26,30,31). The van der Waals surface area contributed by atoms with E-state index in [-0.39, 0.29) is 31.2 Å².